The lowest BCUT2D eigenvalue weighted by molar-refractivity contribution is 0.0906. The van der Waals surface area contributed by atoms with Crippen molar-refractivity contribution in [2.45, 2.75) is 18.9 Å². The summed E-state index contributed by atoms with van der Waals surface area (Å²) in [5.41, 5.74) is 1.18. The van der Waals surface area contributed by atoms with Crippen LogP contribution in [0.2, 0.25) is 0 Å². The maximum atomic E-state index is 12.0. The van der Waals surface area contributed by atoms with Crippen molar-refractivity contribution in [3.05, 3.63) is 71.8 Å². The van der Waals surface area contributed by atoms with Gasteiger partial charge in [0, 0.05) is 17.7 Å². The number of rotatable bonds is 8. The van der Waals surface area contributed by atoms with Gasteiger partial charge in [-0.1, -0.05) is 36.4 Å². The molecule has 1 atom stereocenters. The van der Waals surface area contributed by atoms with Crippen LogP contribution in [-0.4, -0.2) is 36.1 Å². The monoisotopic (exact) mass is 326 g/mol. The van der Waals surface area contributed by atoms with E-state index in [2.05, 4.69) is 10.6 Å². The lowest BCUT2D eigenvalue weighted by Gasteiger charge is -2.16. The lowest BCUT2D eigenvalue weighted by Crippen LogP contribution is -2.38. The number of hydrogen-bond acceptors (Lipinski definition) is 3. The maximum Gasteiger partial charge on any atom is 0.251 e. The van der Waals surface area contributed by atoms with Gasteiger partial charge in [-0.3, -0.25) is 9.59 Å². The van der Waals surface area contributed by atoms with E-state index in [1.807, 2.05) is 24.3 Å². The molecule has 0 aliphatic carbocycles. The Bertz CT molecular complexity index is 644. The van der Waals surface area contributed by atoms with Crippen LogP contribution in [0.1, 0.15) is 33.6 Å². The van der Waals surface area contributed by atoms with Crippen molar-refractivity contribution in [1.82, 2.24) is 10.6 Å². The van der Waals surface area contributed by atoms with Crippen molar-refractivity contribution >= 4 is 11.8 Å². The van der Waals surface area contributed by atoms with Gasteiger partial charge in [0.15, 0.2) is 0 Å². The first-order chi connectivity index (χ1) is 11.7. The van der Waals surface area contributed by atoms with Gasteiger partial charge in [-0.15, -0.1) is 0 Å². The Morgan fingerprint density at radius 2 is 1.42 bits per heavy atom. The maximum absolute atomic E-state index is 12.0. The molecular formula is C19H22N2O3. The third kappa shape index (κ3) is 5.52. The summed E-state index contributed by atoms with van der Waals surface area (Å²) < 4.78 is 0. The van der Waals surface area contributed by atoms with E-state index in [0.717, 1.165) is 0 Å². The van der Waals surface area contributed by atoms with E-state index in [4.69, 9.17) is 0 Å². The molecule has 0 saturated heterocycles. The molecule has 2 rings (SSSR count). The van der Waals surface area contributed by atoms with Crippen LogP contribution in [0.5, 0.6) is 0 Å². The molecule has 2 aromatic carbocycles. The normalized spacial score (nSPS) is 11.5. The molecule has 24 heavy (non-hydrogen) atoms. The topological polar surface area (TPSA) is 78.4 Å². The van der Waals surface area contributed by atoms with Crippen molar-refractivity contribution < 1.29 is 14.7 Å². The standard InChI is InChI=1S/C19H22N2O3/c22-14-17(21-19(24)16-10-5-2-6-11-16)12-7-13-20-18(23)15-8-3-1-4-9-15/h1-6,8-11,17,22H,7,12-14H2,(H,20,23)(H,21,24)/t17-/m0/s1. The van der Waals surface area contributed by atoms with E-state index >= 15 is 0 Å². The highest BCUT2D eigenvalue weighted by Crippen LogP contribution is 2.03. The number of nitrogens with one attached hydrogen (secondary N) is 2. The smallest absolute Gasteiger partial charge is 0.251 e. The van der Waals surface area contributed by atoms with Crippen LogP contribution in [0, 0.1) is 0 Å². The summed E-state index contributed by atoms with van der Waals surface area (Å²) in [5, 5.41) is 15.0. The minimum absolute atomic E-state index is 0.121. The van der Waals surface area contributed by atoms with Crippen LogP contribution >= 0.6 is 0 Å². The van der Waals surface area contributed by atoms with E-state index in [9.17, 15) is 14.7 Å². The second kappa shape index (κ2) is 9.47. The first-order valence-electron chi connectivity index (χ1n) is 8.00. The molecule has 0 bridgehead atoms. The van der Waals surface area contributed by atoms with E-state index in [1.165, 1.54) is 0 Å². The summed E-state index contributed by atoms with van der Waals surface area (Å²) in [6.45, 7) is 0.358. The Labute approximate surface area is 141 Å². The molecule has 2 amide bonds. The van der Waals surface area contributed by atoms with Gasteiger partial charge in [0.05, 0.1) is 12.6 Å². The van der Waals surface area contributed by atoms with Crippen LogP contribution in [0.3, 0.4) is 0 Å². The molecule has 0 saturated carbocycles. The summed E-state index contributed by atoms with van der Waals surface area (Å²) in [6, 6.07) is 17.6. The Balaban J connectivity index is 1.72. The Kier molecular flexibility index (Phi) is 6.98. The van der Waals surface area contributed by atoms with Crippen LogP contribution in [0.15, 0.2) is 60.7 Å². The minimum Gasteiger partial charge on any atom is -0.394 e. The molecule has 0 aromatic heterocycles. The number of aliphatic hydroxyl groups is 1. The number of carbonyl (C=O) groups excluding carboxylic acids is 2. The second-order valence-electron chi connectivity index (χ2n) is 5.48. The van der Waals surface area contributed by atoms with Gasteiger partial charge >= 0.3 is 0 Å². The SMILES string of the molecule is O=C(NCCC[C@@H](CO)NC(=O)c1ccccc1)c1ccccc1. The molecule has 126 valence electrons. The Hall–Kier alpha value is -2.66. The van der Waals surface area contributed by atoms with Gasteiger partial charge < -0.3 is 15.7 Å². The van der Waals surface area contributed by atoms with Gasteiger partial charge in [-0.2, -0.15) is 0 Å². The number of hydrogen-bond donors (Lipinski definition) is 3. The fraction of sp³-hybridized carbons (Fsp3) is 0.263. The van der Waals surface area contributed by atoms with Crippen LogP contribution < -0.4 is 10.6 Å². The molecule has 0 heterocycles. The quantitative estimate of drug-likeness (QED) is 0.649. The molecule has 3 N–H and O–H groups in total. The molecule has 0 radical (unpaired) electrons. The second-order valence-corrected chi connectivity index (χ2v) is 5.48. The van der Waals surface area contributed by atoms with Crippen LogP contribution in [0.25, 0.3) is 0 Å². The van der Waals surface area contributed by atoms with E-state index in [1.54, 1.807) is 36.4 Å². The minimum atomic E-state index is -0.327. The van der Waals surface area contributed by atoms with E-state index in [-0.39, 0.29) is 24.5 Å². The van der Waals surface area contributed by atoms with Gasteiger partial charge in [-0.05, 0) is 37.1 Å². The van der Waals surface area contributed by atoms with E-state index in [0.29, 0.717) is 30.5 Å². The predicted molar refractivity (Wildman–Crippen MR) is 92.8 cm³/mol. The zero-order valence-corrected chi connectivity index (χ0v) is 13.4. The van der Waals surface area contributed by atoms with Crippen molar-refractivity contribution in [3.63, 3.8) is 0 Å². The van der Waals surface area contributed by atoms with Crippen LogP contribution in [0.4, 0.5) is 0 Å². The van der Waals surface area contributed by atoms with E-state index < -0.39 is 0 Å². The van der Waals surface area contributed by atoms with Gasteiger partial charge in [0.25, 0.3) is 11.8 Å². The van der Waals surface area contributed by atoms with Crippen molar-refractivity contribution in [3.8, 4) is 0 Å². The highest BCUT2D eigenvalue weighted by molar-refractivity contribution is 5.94. The van der Waals surface area contributed by atoms with Gasteiger partial charge in [-0.25, -0.2) is 0 Å². The van der Waals surface area contributed by atoms with Gasteiger partial charge in [0.1, 0.15) is 0 Å². The molecule has 0 spiro atoms. The number of amides is 2. The molecular weight excluding hydrogens is 304 g/mol. The lowest BCUT2D eigenvalue weighted by atomic mass is 10.1. The molecule has 0 unspecified atom stereocenters. The Morgan fingerprint density at radius 1 is 0.875 bits per heavy atom. The third-order valence-electron chi connectivity index (χ3n) is 3.64. The average Bonchev–Trinajstić information content (AvgIpc) is 2.65. The Morgan fingerprint density at radius 3 is 1.96 bits per heavy atom. The highest BCUT2D eigenvalue weighted by atomic mass is 16.3. The molecule has 0 aliphatic heterocycles. The van der Waals surface area contributed by atoms with Crippen LogP contribution in [-0.2, 0) is 0 Å². The zero-order chi connectivity index (χ0) is 17.2. The van der Waals surface area contributed by atoms with Crippen molar-refractivity contribution in [2.24, 2.45) is 0 Å². The number of benzene rings is 2. The zero-order valence-electron chi connectivity index (χ0n) is 13.4. The van der Waals surface area contributed by atoms with Crippen molar-refractivity contribution in [2.75, 3.05) is 13.2 Å². The largest absolute Gasteiger partial charge is 0.394 e. The molecule has 5 heteroatoms. The molecule has 5 nitrogen and oxygen atoms in total. The fourth-order valence-electron chi connectivity index (χ4n) is 2.31. The summed E-state index contributed by atoms with van der Waals surface area (Å²) in [4.78, 5) is 23.9. The fourth-order valence-corrected chi connectivity index (χ4v) is 2.31. The first-order valence-corrected chi connectivity index (χ1v) is 8.00. The average molecular weight is 326 g/mol. The molecule has 0 aliphatic rings. The predicted octanol–water partition coefficient (Wildman–Crippen LogP) is 1.99. The number of carbonyl (C=O) groups is 2. The summed E-state index contributed by atoms with van der Waals surface area (Å²) in [7, 11) is 0. The summed E-state index contributed by atoms with van der Waals surface area (Å²) in [6.07, 6.45) is 1.25. The molecule has 0 fully saturated rings. The third-order valence-corrected chi connectivity index (χ3v) is 3.64. The number of aliphatic hydroxyl groups excluding tert-OH is 1. The van der Waals surface area contributed by atoms with Crippen molar-refractivity contribution in [1.29, 1.82) is 0 Å². The molecule has 2 aromatic rings. The van der Waals surface area contributed by atoms with Gasteiger partial charge in [0.2, 0.25) is 0 Å². The summed E-state index contributed by atoms with van der Waals surface area (Å²) >= 11 is 0. The summed E-state index contributed by atoms with van der Waals surface area (Å²) in [5.74, 6) is -0.326. The highest BCUT2D eigenvalue weighted by Gasteiger charge is 2.12. The first kappa shape index (κ1) is 17.7.